The molecule has 1 heterocycles. The van der Waals surface area contributed by atoms with E-state index in [0.29, 0.717) is 0 Å². The van der Waals surface area contributed by atoms with Gasteiger partial charge in [-0.1, -0.05) is 13.8 Å². The van der Waals surface area contributed by atoms with E-state index in [1.807, 2.05) is 7.05 Å². The van der Waals surface area contributed by atoms with E-state index in [9.17, 15) is 0 Å². The van der Waals surface area contributed by atoms with Gasteiger partial charge in [0, 0.05) is 18.9 Å². The van der Waals surface area contributed by atoms with Gasteiger partial charge in [0.05, 0.1) is 5.92 Å². The number of nitrogens with one attached hydrogen (secondary N) is 2. The van der Waals surface area contributed by atoms with Gasteiger partial charge in [0.2, 0.25) is 0 Å². The lowest BCUT2D eigenvalue weighted by atomic mass is 9.88. The zero-order valence-corrected chi connectivity index (χ0v) is 11.0. The molecule has 0 aromatic carbocycles. The molecule has 2 nitrogen and oxygen atoms in total. The monoisotopic (exact) mass is 296 g/mol. The molecule has 78 valence electrons. The summed E-state index contributed by atoms with van der Waals surface area (Å²) in [6, 6.07) is 0. The van der Waals surface area contributed by atoms with Gasteiger partial charge in [-0.05, 0) is 13.5 Å². The van der Waals surface area contributed by atoms with Crippen molar-refractivity contribution in [1.82, 2.24) is 5.32 Å². The standard InChI is InChI=1S/C10H20N2.HI/c1-4-8-6-12-10(5-2)9(8)7-11-3;/h8-9,11H,4-7H2,1-3H3;1H. The maximum Gasteiger partial charge on any atom is 0.155 e. The fraction of sp³-hybridized carbons (Fsp3) is 0.900. The molecule has 0 fully saturated rings. The highest BCUT2D eigenvalue weighted by Crippen LogP contribution is 2.17. The number of halogens is 1. The van der Waals surface area contributed by atoms with Crippen molar-refractivity contribution in [2.75, 3.05) is 20.1 Å². The lowest BCUT2D eigenvalue weighted by Crippen LogP contribution is -3.00. The average Bonchev–Trinajstić information content (AvgIpc) is 2.48. The van der Waals surface area contributed by atoms with Crippen LogP contribution >= 0.6 is 0 Å². The van der Waals surface area contributed by atoms with Crippen LogP contribution in [0.3, 0.4) is 0 Å². The molecule has 1 rings (SSSR count). The fourth-order valence-electron chi connectivity index (χ4n) is 2.15. The molecule has 3 heteroatoms. The molecule has 0 saturated heterocycles. The van der Waals surface area contributed by atoms with Crippen LogP contribution in [0.5, 0.6) is 0 Å². The minimum Gasteiger partial charge on any atom is -1.00 e. The predicted octanol–water partition coefficient (Wildman–Crippen LogP) is -3.20. The van der Waals surface area contributed by atoms with Crippen molar-refractivity contribution in [3.63, 3.8) is 0 Å². The molecule has 0 aromatic rings. The normalized spacial score (nSPS) is 26.8. The van der Waals surface area contributed by atoms with E-state index >= 15 is 0 Å². The molecule has 1 aliphatic rings. The van der Waals surface area contributed by atoms with E-state index in [0.717, 1.165) is 18.4 Å². The average molecular weight is 296 g/mol. The quantitative estimate of drug-likeness (QED) is 0.525. The molecular formula is C10H21IN2. The third-order valence-electron chi connectivity index (χ3n) is 2.94. The van der Waals surface area contributed by atoms with E-state index in [-0.39, 0.29) is 24.0 Å². The van der Waals surface area contributed by atoms with Gasteiger partial charge in [-0.3, -0.25) is 0 Å². The largest absolute Gasteiger partial charge is 1.00 e. The Hall–Kier alpha value is 0.360. The van der Waals surface area contributed by atoms with Crippen LogP contribution in [0.1, 0.15) is 26.7 Å². The van der Waals surface area contributed by atoms with Crippen molar-refractivity contribution in [2.45, 2.75) is 26.7 Å². The Balaban J connectivity index is 0.00000144. The van der Waals surface area contributed by atoms with Gasteiger partial charge in [-0.15, -0.1) is 0 Å². The van der Waals surface area contributed by atoms with Crippen LogP contribution in [0.2, 0.25) is 0 Å². The summed E-state index contributed by atoms with van der Waals surface area (Å²) in [5, 5.41) is 3.28. The van der Waals surface area contributed by atoms with Crippen molar-refractivity contribution in [1.29, 1.82) is 0 Å². The predicted molar refractivity (Wildman–Crippen MR) is 52.3 cm³/mol. The lowest BCUT2D eigenvalue weighted by molar-refractivity contribution is -0.454. The van der Waals surface area contributed by atoms with Gasteiger partial charge < -0.3 is 29.3 Å². The van der Waals surface area contributed by atoms with Gasteiger partial charge in [-0.2, -0.15) is 0 Å². The lowest BCUT2D eigenvalue weighted by Gasteiger charge is -2.14. The third-order valence-corrected chi connectivity index (χ3v) is 2.94. The third kappa shape index (κ3) is 3.20. The molecule has 13 heavy (non-hydrogen) atoms. The molecule has 0 amide bonds. The summed E-state index contributed by atoms with van der Waals surface area (Å²) in [5.74, 6) is 1.62. The smallest absolute Gasteiger partial charge is 0.155 e. The molecular weight excluding hydrogens is 275 g/mol. The Kier molecular flexibility index (Phi) is 6.95. The summed E-state index contributed by atoms with van der Waals surface area (Å²) in [5.41, 5.74) is 1.55. The van der Waals surface area contributed by atoms with Gasteiger partial charge in [0.1, 0.15) is 6.54 Å². The van der Waals surface area contributed by atoms with E-state index in [1.54, 1.807) is 5.71 Å². The minimum absolute atomic E-state index is 0. The van der Waals surface area contributed by atoms with Gasteiger partial charge in [-0.25, -0.2) is 4.99 Å². The van der Waals surface area contributed by atoms with Crippen molar-refractivity contribution in [3.8, 4) is 0 Å². The van der Waals surface area contributed by atoms with Gasteiger partial charge in [0.15, 0.2) is 5.71 Å². The number of rotatable bonds is 4. The zero-order valence-electron chi connectivity index (χ0n) is 8.86. The van der Waals surface area contributed by atoms with Crippen LogP contribution in [0, 0.1) is 11.8 Å². The maximum atomic E-state index is 3.52. The summed E-state index contributed by atoms with van der Waals surface area (Å²) >= 11 is 0. The molecule has 2 N–H and O–H groups in total. The van der Waals surface area contributed by atoms with Crippen molar-refractivity contribution in [2.24, 2.45) is 11.8 Å². The summed E-state index contributed by atoms with van der Waals surface area (Å²) in [6.45, 7) is 6.84. The molecule has 0 spiro atoms. The summed E-state index contributed by atoms with van der Waals surface area (Å²) in [4.78, 5) is 3.52. The second-order valence-corrected chi connectivity index (χ2v) is 3.59. The second kappa shape index (κ2) is 6.76. The van der Waals surface area contributed by atoms with Crippen molar-refractivity contribution in [3.05, 3.63) is 0 Å². The van der Waals surface area contributed by atoms with Gasteiger partial charge in [0.25, 0.3) is 0 Å². The first-order valence-corrected chi connectivity index (χ1v) is 5.07. The van der Waals surface area contributed by atoms with Crippen LogP contribution in [-0.4, -0.2) is 25.8 Å². The van der Waals surface area contributed by atoms with Crippen molar-refractivity contribution >= 4 is 5.71 Å². The Morgan fingerprint density at radius 2 is 2.15 bits per heavy atom. The first kappa shape index (κ1) is 13.4. The van der Waals surface area contributed by atoms with E-state index in [2.05, 4.69) is 24.2 Å². The van der Waals surface area contributed by atoms with E-state index < -0.39 is 0 Å². The van der Waals surface area contributed by atoms with Crippen LogP contribution in [0.4, 0.5) is 0 Å². The van der Waals surface area contributed by atoms with Crippen LogP contribution < -0.4 is 34.3 Å². The first-order valence-electron chi connectivity index (χ1n) is 5.07. The summed E-state index contributed by atoms with van der Waals surface area (Å²) in [7, 11) is 2.04. The molecule has 2 atom stereocenters. The first-order chi connectivity index (χ1) is 5.83. The van der Waals surface area contributed by atoms with Crippen LogP contribution in [0.25, 0.3) is 0 Å². The highest BCUT2D eigenvalue weighted by Gasteiger charge is 2.33. The Bertz CT molecular complexity index is 168. The molecule has 0 saturated carbocycles. The van der Waals surface area contributed by atoms with Crippen LogP contribution in [0.15, 0.2) is 0 Å². The molecule has 0 aliphatic carbocycles. The Morgan fingerprint density at radius 3 is 2.62 bits per heavy atom. The Labute approximate surface area is 98.6 Å². The molecule has 0 bridgehead atoms. The van der Waals surface area contributed by atoms with Crippen molar-refractivity contribution < 1.29 is 29.0 Å². The van der Waals surface area contributed by atoms with E-state index in [4.69, 9.17) is 0 Å². The fourth-order valence-corrected chi connectivity index (χ4v) is 2.15. The van der Waals surface area contributed by atoms with Crippen LogP contribution in [-0.2, 0) is 0 Å². The molecule has 2 unspecified atom stereocenters. The topological polar surface area (TPSA) is 26.0 Å². The molecule has 0 aromatic heterocycles. The molecule has 0 radical (unpaired) electrons. The summed E-state index contributed by atoms with van der Waals surface area (Å²) < 4.78 is 0. The number of hydrogen-bond donors (Lipinski definition) is 2. The van der Waals surface area contributed by atoms with E-state index in [1.165, 1.54) is 19.4 Å². The zero-order chi connectivity index (χ0) is 8.97. The number of hydrogen-bond acceptors (Lipinski definition) is 1. The summed E-state index contributed by atoms with van der Waals surface area (Å²) in [6.07, 6.45) is 2.48. The molecule has 1 aliphatic heterocycles. The minimum atomic E-state index is 0. The SMILES string of the molecule is CCC1=[NH+]CC(CC)C1CNC.[I-]. The maximum absolute atomic E-state index is 3.52. The second-order valence-electron chi connectivity index (χ2n) is 3.59. The highest BCUT2D eigenvalue weighted by atomic mass is 127. The highest BCUT2D eigenvalue weighted by molar-refractivity contribution is 5.82. The van der Waals surface area contributed by atoms with Gasteiger partial charge >= 0.3 is 0 Å². The Morgan fingerprint density at radius 1 is 1.46 bits per heavy atom.